The van der Waals surface area contributed by atoms with E-state index >= 15 is 8.78 Å². The van der Waals surface area contributed by atoms with Crippen LogP contribution in [0.15, 0.2) is 82.7 Å². The number of hydrogen-bond acceptors (Lipinski definition) is 5. The third-order valence-corrected chi connectivity index (χ3v) is 8.77. The molecule has 0 saturated carbocycles. The van der Waals surface area contributed by atoms with Gasteiger partial charge in [-0.05, 0) is 84.0 Å². The Kier molecular flexibility index (Phi) is 10.7. The van der Waals surface area contributed by atoms with E-state index in [0.29, 0.717) is 36.2 Å². The van der Waals surface area contributed by atoms with E-state index in [1.54, 1.807) is 36.1 Å². The Labute approximate surface area is 248 Å². The fourth-order valence-corrected chi connectivity index (χ4v) is 6.78. The number of rotatable bonds is 12. The molecular formula is C33H42F2O3S2. The van der Waals surface area contributed by atoms with E-state index in [2.05, 4.69) is 32.6 Å². The maximum absolute atomic E-state index is 16.0. The molecule has 0 N–H and O–H groups in total. The van der Waals surface area contributed by atoms with Gasteiger partial charge in [-0.25, -0.2) is 0 Å². The summed E-state index contributed by atoms with van der Waals surface area (Å²) >= 11 is 6.19. The molecule has 0 aromatic carbocycles. The Hall–Kier alpha value is -2.12. The van der Waals surface area contributed by atoms with Crippen LogP contribution in [0.4, 0.5) is 8.78 Å². The van der Waals surface area contributed by atoms with Crippen molar-refractivity contribution in [3.8, 4) is 0 Å². The van der Waals surface area contributed by atoms with Crippen LogP contribution in [0.2, 0.25) is 0 Å². The lowest BCUT2D eigenvalue weighted by Crippen LogP contribution is -2.27. The van der Waals surface area contributed by atoms with E-state index in [-0.39, 0.29) is 22.5 Å². The number of ether oxygens (including phenoxy) is 1. The summed E-state index contributed by atoms with van der Waals surface area (Å²) in [5.41, 5.74) is -0.0795. The van der Waals surface area contributed by atoms with Crippen LogP contribution in [0.1, 0.15) is 66.2 Å². The number of halogens is 2. The summed E-state index contributed by atoms with van der Waals surface area (Å²) in [6.45, 7) is 8.00. The van der Waals surface area contributed by atoms with Gasteiger partial charge in [0.05, 0.1) is 5.57 Å². The van der Waals surface area contributed by atoms with Crippen molar-refractivity contribution in [3.05, 3.63) is 82.7 Å². The van der Waals surface area contributed by atoms with Crippen molar-refractivity contribution in [1.82, 2.24) is 0 Å². The predicted octanol–water partition coefficient (Wildman–Crippen LogP) is 8.78. The number of carbonyl (C=O) groups is 2. The number of hydrogen-bond donors (Lipinski definition) is 1. The molecule has 3 nitrogen and oxygen atoms in total. The number of unbranched alkanes of at least 4 members (excludes halogenated alkanes) is 1. The van der Waals surface area contributed by atoms with E-state index in [1.165, 1.54) is 18.2 Å². The molecule has 0 aliphatic heterocycles. The van der Waals surface area contributed by atoms with Gasteiger partial charge in [0.2, 0.25) is 0 Å². The summed E-state index contributed by atoms with van der Waals surface area (Å²) in [5.74, 6) is 1.39. The molecule has 0 aromatic heterocycles. The van der Waals surface area contributed by atoms with Crippen LogP contribution in [-0.2, 0) is 14.3 Å². The van der Waals surface area contributed by atoms with E-state index < -0.39 is 16.9 Å². The number of alkyl halides is 2. The minimum Gasteiger partial charge on any atom is -0.429 e. The summed E-state index contributed by atoms with van der Waals surface area (Å²) in [7, 11) is 0. The summed E-state index contributed by atoms with van der Waals surface area (Å²) in [4.78, 5) is 24.5. The molecule has 0 saturated heterocycles. The Morgan fingerprint density at radius 3 is 2.45 bits per heavy atom. The molecule has 0 fully saturated rings. The van der Waals surface area contributed by atoms with Crippen molar-refractivity contribution in [2.24, 2.45) is 16.2 Å². The van der Waals surface area contributed by atoms with Crippen LogP contribution in [0.3, 0.4) is 0 Å². The minimum absolute atomic E-state index is 0.00668. The lowest BCUT2D eigenvalue weighted by atomic mass is 9.72. The molecule has 0 radical (unpaired) electrons. The van der Waals surface area contributed by atoms with Crippen LogP contribution in [-0.4, -0.2) is 35.9 Å². The highest BCUT2D eigenvalue weighted by molar-refractivity contribution is 7.98. The van der Waals surface area contributed by atoms with E-state index in [9.17, 15) is 9.59 Å². The normalized spacial score (nSPS) is 28.7. The Balaban J connectivity index is 2.06. The third-order valence-electron chi connectivity index (χ3n) is 7.93. The highest BCUT2D eigenvalue weighted by atomic mass is 32.2. The number of thioether (sulfide) groups is 1. The van der Waals surface area contributed by atoms with Crippen molar-refractivity contribution < 1.29 is 23.1 Å². The van der Waals surface area contributed by atoms with E-state index in [1.807, 2.05) is 26.2 Å². The molecule has 3 atom stereocenters. The fraction of sp³-hybridized carbons (Fsp3) is 0.515. The first kappa shape index (κ1) is 32.4. The molecule has 3 aliphatic rings. The average molecular weight is 589 g/mol. The Morgan fingerprint density at radius 2 is 1.80 bits per heavy atom. The highest BCUT2D eigenvalue weighted by Crippen LogP contribution is 2.48. The third kappa shape index (κ3) is 8.00. The first-order chi connectivity index (χ1) is 18.8. The summed E-state index contributed by atoms with van der Waals surface area (Å²) in [5, 5.41) is 0. The second-order valence-electron chi connectivity index (χ2n) is 11.9. The van der Waals surface area contributed by atoms with Gasteiger partial charge in [-0.1, -0.05) is 64.8 Å². The fourth-order valence-electron chi connectivity index (χ4n) is 5.65. The topological polar surface area (TPSA) is 43.4 Å². The summed E-state index contributed by atoms with van der Waals surface area (Å²) in [6, 6.07) is 0. The molecular weight excluding hydrogens is 546 g/mol. The first-order valence-electron chi connectivity index (χ1n) is 14.0. The standard InChI is InChI=1S/C33H42F2O3S2/c1-6-7-12-30(2)18-24(23-36)8-11-28(21-30)38-33(34,35)26-10-9-25-17-27(37)20-31(3,14-16-40-5)22-29(25)32(4,19-26)13-15-39/h8-11,17-19,21-23,39H,6-7,12-16,20H2,1-5H3. The second kappa shape index (κ2) is 13.2. The number of carbonyl (C=O) groups excluding carboxylic acids is 2. The van der Waals surface area contributed by atoms with Crippen molar-refractivity contribution in [2.45, 2.75) is 72.3 Å². The van der Waals surface area contributed by atoms with Crippen LogP contribution in [0.5, 0.6) is 0 Å². The maximum Gasteiger partial charge on any atom is 0.426 e. The van der Waals surface area contributed by atoms with Crippen LogP contribution < -0.4 is 0 Å². The summed E-state index contributed by atoms with van der Waals surface area (Å²) in [6.07, 6.45) is 18.1. The molecule has 7 heteroatoms. The number of fused-ring (bicyclic) bond motifs is 1. The van der Waals surface area contributed by atoms with Gasteiger partial charge in [0.15, 0.2) is 5.78 Å². The largest absolute Gasteiger partial charge is 0.429 e. The Bertz CT molecular complexity index is 1210. The van der Waals surface area contributed by atoms with Crippen molar-refractivity contribution in [3.63, 3.8) is 0 Å². The lowest BCUT2D eigenvalue weighted by Gasteiger charge is -2.33. The maximum atomic E-state index is 16.0. The van der Waals surface area contributed by atoms with Crippen LogP contribution in [0.25, 0.3) is 0 Å². The van der Waals surface area contributed by atoms with Crippen molar-refractivity contribution in [2.75, 3.05) is 17.8 Å². The number of allylic oxidation sites excluding steroid dienone is 11. The average Bonchev–Trinajstić information content (AvgIpc) is 3.19. The predicted molar refractivity (Wildman–Crippen MR) is 166 cm³/mol. The van der Waals surface area contributed by atoms with Crippen molar-refractivity contribution in [1.29, 1.82) is 0 Å². The van der Waals surface area contributed by atoms with Gasteiger partial charge in [0, 0.05) is 22.8 Å². The molecule has 0 spiro atoms. The molecule has 3 unspecified atom stereocenters. The van der Waals surface area contributed by atoms with Gasteiger partial charge in [-0.2, -0.15) is 33.2 Å². The monoisotopic (exact) mass is 588 g/mol. The number of thiol groups is 1. The zero-order valence-electron chi connectivity index (χ0n) is 24.3. The quantitative estimate of drug-likeness (QED) is 0.183. The molecule has 3 aliphatic carbocycles. The van der Waals surface area contributed by atoms with Crippen molar-refractivity contribution >= 4 is 36.5 Å². The lowest BCUT2D eigenvalue weighted by molar-refractivity contribution is -0.177. The summed E-state index contributed by atoms with van der Waals surface area (Å²) < 4.78 is 37.4. The molecule has 0 aromatic rings. The van der Waals surface area contributed by atoms with Gasteiger partial charge in [0.25, 0.3) is 0 Å². The van der Waals surface area contributed by atoms with Gasteiger partial charge in [0.1, 0.15) is 12.0 Å². The zero-order chi connectivity index (χ0) is 29.6. The van der Waals surface area contributed by atoms with Gasteiger partial charge in [-0.3, -0.25) is 9.59 Å². The zero-order valence-corrected chi connectivity index (χ0v) is 26.0. The SMILES string of the molecule is CCCCC1(C)C=C(C=O)C=CC(OC(F)(F)C2=CC(C)(CCS)C3=CC(C)(CCSC)CC(=O)C=C3C=C2)=C1. The molecule has 0 heterocycles. The van der Waals surface area contributed by atoms with E-state index in [4.69, 9.17) is 4.74 Å². The first-order valence-corrected chi connectivity index (χ1v) is 16.0. The smallest absolute Gasteiger partial charge is 0.426 e. The van der Waals surface area contributed by atoms with E-state index in [0.717, 1.165) is 36.9 Å². The molecule has 40 heavy (non-hydrogen) atoms. The van der Waals surface area contributed by atoms with Gasteiger partial charge < -0.3 is 4.74 Å². The highest BCUT2D eigenvalue weighted by Gasteiger charge is 2.43. The number of ketones is 1. The van der Waals surface area contributed by atoms with Gasteiger partial charge in [-0.15, -0.1) is 0 Å². The van der Waals surface area contributed by atoms with Gasteiger partial charge >= 0.3 is 6.11 Å². The molecule has 0 bridgehead atoms. The number of aldehydes is 1. The molecule has 3 rings (SSSR count). The molecule has 0 amide bonds. The molecule has 218 valence electrons. The van der Waals surface area contributed by atoms with Crippen LogP contribution >= 0.6 is 24.4 Å². The second-order valence-corrected chi connectivity index (χ2v) is 13.3. The Morgan fingerprint density at radius 1 is 1.05 bits per heavy atom. The van der Waals surface area contributed by atoms with Crippen LogP contribution in [0, 0.1) is 16.2 Å². The minimum atomic E-state index is -3.65.